The third-order valence-electron chi connectivity index (χ3n) is 1.23. The molecule has 0 aliphatic heterocycles. The Hall–Kier alpha value is -2.02. The van der Waals surface area contributed by atoms with Crippen molar-refractivity contribution in [3.8, 4) is 0 Å². The van der Waals surface area contributed by atoms with Crippen molar-refractivity contribution in [3.63, 3.8) is 0 Å². The van der Waals surface area contributed by atoms with E-state index < -0.39 is 5.91 Å². The lowest BCUT2D eigenvalue weighted by Gasteiger charge is -2.14. The zero-order valence-corrected chi connectivity index (χ0v) is 7.90. The van der Waals surface area contributed by atoms with Crippen molar-refractivity contribution in [1.82, 2.24) is 5.01 Å². The normalized spacial score (nSPS) is 13.1. The van der Waals surface area contributed by atoms with Crippen LogP contribution >= 0.6 is 0 Å². The van der Waals surface area contributed by atoms with Crippen LogP contribution in [0.2, 0.25) is 0 Å². The van der Waals surface area contributed by atoms with E-state index in [4.69, 9.17) is 23.0 Å². The van der Waals surface area contributed by atoms with Crippen LogP contribution in [0.1, 0.15) is 6.92 Å². The van der Waals surface area contributed by atoms with E-state index >= 15 is 0 Å². The molecule has 0 aromatic heterocycles. The Kier molecular flexibility index (Phi) is 4.17. The Balaban J connectivity index is 5.30. The van der Waals surface area contributed by atoms with Gasteiger partial charge in [-0.15, -0.1) is 0 Å². The molecular formula is C7H14N6O. The molecule has 0 rings (SSSR count). The van der Waals surface area contributed by atoms with Gasteiger partial charge in [0, 0.05) is 6.20 Å². The molecule has 0 aliphatic rings. The highest BCUT2D eigenvalue weighted by molar-refractivity contribution is 5.92. The fourth-order valence-electron chi connectivity index (χ4n) is 0.621. The average molecular weight is 198 g/mol. The van der Waals surface area contributed by atoms with Gasteiger partial charge in [-0.3, -0.25) is 9.80 Å². The molecule has 0 saturated carbocycles. The summed E-state index contributed by atoms with van der Waals surface area (Å²) in [5, 5.41) is 0.955. The molecule has 14 heavy (non-hydrogen) atoms. The van der Waals surface area contributed by atoms with Crippen molar-refractivity contribution in [2.75, 3.05) is 0 Å². The molecule has 78 valence electrons. The minimum Gasteiger partial charge on any atom is -0.391 e. The first kappa shape index (κ1) is 12.0. The van der Waals surface area contributed by atoms with Crippen molar-refractivity contribution in [3.05, 3.63) is 24.3 Å². The highest BCUT2D eigenvalue weighted by atomic mass is 16.1. The molecule has 7 nitrogen and oxygen atoms in total. The molecule has 0 aromatic rings. The van der Waals surface area contributed by atoms with Crippen LogP contribution in [0.15, 0.2) is 29.3 Å². The van der Waals surface area contributed by atoms with Gasteiger partial charge in [-0.1, -0.05) is 6.58 Å². The van der Waals surface area contributed by atoms with Crippen molar-refractivity contribution in [1.29, 1.82) is 0 Å². The van der Waals surface area contributed by atoms with E-state index in [1.54, 1.807) is 0 Å². The highest BCUT2D eigenvalue weighted by Gasteiger charge is 2.11. The Bertz CT molecular complexity index is 301. The second kappa shape index (κ2) is 4.87. The van der Waals surface area contributed by atoms with Gasteiger partial charge in [-0.2, -0.15) is 0 Å². The zero-order chi connectivity index (χ0) is 11.3. The molecule has 0 spiro atoms. The minimum atomic E-state index is -0.831. The number of hydrogen-bond donors (Lipinski definition) is 4. The number of nitrogens with zero attached hydrogens (tertiary/aromatic N) is 2. The molecule has 0 aliphatic carbocycles. The van der Waals surface area contributed by atoms with Gasteiger partial charge in [0.2, 0.25) is 0 Å². The predicted molar refractivity (Wildman–Crippen MR) is 53.9 cm³/mol. The lowest BCUT2D eigenvalue weighted by molar-refractivity contribution is -0.114. The van der Waals surface area contributed by atoms with E-state index in [1.807, 2.05) is 0 Å². The summed E-state index contributed by atoms with van der Waals surface area (Å²) in [4.78, 5) is 14.5. The molecule has 0 heterocycles. The topological polar surface area (TPSA) is 137 Å². The van der Waals surface area contributed by atoms with Crippen LogP contribution in [-0.4, -0.2) is 16.8 Å². The summed E-state index contributed by atoms with van der Waals surface area (Å²) < 4.78 is 0. The Morgan fingerprint density at radius 2 is 1.93 bits per heavy atom. The summed E-state index contributed by atoms with van der Waals surface area (Å²) in [6, 6.07) is 0. The molecular weight excluding hydrogens is 184 g/mol. The van der Waals surface area contributed by atoms with Gasteiger partial charge >= 0.3 is 0 Å². The maximum Gasteiger partial charge on any atom is 0.268 e. The van der Waals surface area contributed by atoms with E-state index in [0.717, 1.165) is 5.01 Å². The van der Waals surface area contributed by atoms with E-state index in [1.165, 1.54) is 13.1 Å². The van der Waals surface area contributed by atoms with Crippen LogP contribution in [0.25, 0.3) is 0 Å². The van der Waals surface area contributed by atoms with Crippen LogP contribution in [0.3, 0.4) is 0 Å². The van der Waals surface area contributed by atoms with E-state index in [0.29, 0.717) is 0 Å². The number of aliphatic imine (C=N–C) groups is 1. The molecule has 8 N–H and O–H groups in total. The fraction of sp³-hybridized carbons (Fsp3) is 0.143. The molecule has 0 bridgehead atoms. The monoisotopic (exact) mass is 198 g/mol. The summed E-state index contributed by atoms with van der Waals surface area (Å²) in [6.45, 7) is 4.90. The standard InChI is InChI=1S/C7H14N6O/c1-3-13(11)7(12-4(2)8)5(9)6(10)14/h3H,1,9,11H2,2H3,(H2,8,12)(H2,10,14)/b7-5-. The zero-order valence-electron chi connectivity index (χ0n) is 7.90. The van der Waals surface area contributed by atoms with E-state index in [9.17, 15) is 4.79 Å². The van der Waals surface area contributed by atoms with Crippen molar-refractivity contribution in [2.45, 2.75) is 6.92 Å². The van der Waals surface area contributed by atoms with Gasteiger partial charge in [0.25, 0.3) is 5.91 Å². The van der Waals surface area contributed by atoms with Crippen LogP contribution < -0.4 is 23.0 Å². The molecule has 0 unspecified atom stereocenters. The first-order valence-electron chi connectivity index (χ1n) is 3.67. The molecule has 0 aromatic carbocycles. The summed E-state index contributed by atoms with van der Waals surface area (Å²) in [7, 11) is 0. The number of amidine groups is 1. The van der Waals surface area contributed by atoms with Gasteiger partial charge < -0.3 is 17.2 Å². The number of primary amides is 1. The predicted octanol–water partition coefficient (Wildman–Crippen LogP) is -1.70. The number of rotatable bonds is 4. The fourth-order valence-corrected chi connectivity index (χ4v) is 0.621. The highest BCUT2D eigenvalue weighted by Crippen LogP contribution is 2.04. The largest absolute Gasteiger partial charge is 0.391 e. The lowest BCUT2D eigenvalue weighted by atomic mass is 10.4. The quantitative estimate of drug-likeness (QED) is 0.140. The SMILES string of the molecule is C=CN(N)/C(N=C(C)N)=C(\N)C(N)=O. The maximum absolute atomic E-state index is 10.8. The number of hydrogen-bond acceptors (Lipinski definition) is 5. The number of carbonyl (C=O) groups excluding carboxylic acids is 1. The molecule has 0 saturated heterocycles. The minimum absolute atomic E-state index is 0.0347. The number of carbonyl (C=O) groups is 1. The number of nitrogens with two attached hydrogens (primary N) is 4. The van der Waals surface area contributed by atoms with Crippen molar-refractivity contribution >= 4 is 11.7 Å². The molecule has 0 fully saturated rings. The van der Waals surface area contributed by atoms with Gasteiger partial charge in [0.1, 0.15) is 5.70 Å². The summed E-state index contributed by atoms with van der Waals surface area (Å²) in [6.07, 6.45) is 1.22. The number of hydrazine groups is 1. The Morgan fingerprint density at radius 1 is 1.43 bits per heavy atom. The third-order valence-corrected chi connectivity index (χ3v) is 1.23. The lowest BCUT2D eigenvalue weighted by Crippen LogP contribution is -2.32. The summed E-state index contributed by atoms with van der Waals surface area (Å²) in [5.74, 6) is 4.74. The van der Waals surface area contributed by atoms with Crippen LogP contribution in [-0.2, 0) is 4.79 Å². The second-order valence-electron chi connectivity index (χ2n) is 2.44. The Morgan fingerprint density at radius 3 is 2.21 bits per heavy atom. The first-order valence-corrected chi connectivity index (χ1v) is 3.67. The van der Waals surface area contributed by atoms with E-state index in [2.05, 4.69) is 11.6 Å². The summed E-state index contributed by atoms with van der Waals surface area (Å²) >= 11 is 0. The maximum atomic E-state index is 10.8. The van der Waals surface area contributed by atoms with Gasteiger partial charge in [-0.05, 0) is 6.92 Å². The molecule has 0 atom stereocenters. The van der Waals surface area contributed by atoms with E-state index in [-0.39, 0.29) is 17.4 Å². The average Bonchev–Trinajstić information content (AvgIpc) is 2.11. The summed E-state index contributed by atoms with van der Waals surface area (Å²) in [5.41, 5.74) is 15.4. The van der Waals surface area contributed by atoms with Crippen molar-refractivity contribution in [2.24, 2.45) is 28.0 Å². The first-order chi connectivity index (χ1) is 6.40. The Labute approximate surface area is 81.7 Å². The smallest absolute Gasteiger partial charge is 0.268 e. The second-order valence-corrected chi connectivity index (χ2v) is 2.44. The number of amides is 1. The van der Waals surface area contributed by atoms with Gasteiger partial charge in [0.15, 0.2) is 5.82 Å². The van der Waals surface area contributed by atoms with Crippen molar-refractivity contribution < 1.29 is 4.79 Å². The third kappa shape index (κ3) is 3.15. The van der Waals surface area contributed by atoms with Crippen LogP contribution in [0.5, 0.6) is 0 Å². The van der Waals surface area contributed by atoms with Crippen LogP contribution in [0.4, 0.5) is 0 Å². The van der Waals surface area contributed by atoms with Gasteiger partial charge in [0.05, 0.1) is 5.84 Å². The van der Waals surface area contributed by atoms with Gasteiger partial charge in [-0.25, -0.2) is 10.8 Å². The molecule has 0 radical (unpaired) electrons. The van der Waals surface area contributed by atoms with Crippen LogP contribution in [0, 0.1) is 0 Å². The molecule has 1 amide bonds. The molecule has 7 heteroatoms.